The van der Waals surface area contributed by atoms with E-state index in [-0.39, 0.29) is 16.1 Å². The van der Waals surface area contributed by atoms with E-state index >= 15 is 0 Å². The van der Waals surface area contributed by atoms with Crippen molar-refractivity contribution in [1.29, 1.82) is 0 Å². The van der Waals surface area contributed by atoms with Crippen LogP contribution in [0.5, 0.6) is 5.75 Å². The van der Waals surface area contributed by atoms with Gasteiger partial charge in [0.1, 0.15) is 22.2 Å². The van der Waals surface area contributed by atoms with Crippen LogP contribution in [0.15, 0.2) is 23.1 Å². The number of aromatic hydroxyl groups is 1. The van der Waals surface area contributed by atoms with Crippen molar-refractivity contribution < 1.29 is 18.3 Å². The number of hydrogen-bond acceptors (Lipinski definition) is 4. The molecule has 5 heteroatoms. The Hall–Kier alpha value is -1.36. The van der Waals surface area contributed by atoms with Gasteiger partial charge in [-0.05, 0) is 30.0 Å². The predicted octanol–water partition coefficient (Wildman–Crippen LogP) is 2.05. The van der Waals surface area contributed by atoms with E-state index in [2.05, 4.69) is 0 Å². The molecule has 0 heterocycles. The average molecular weight is 270 g/mol. The van der Waals surface area contributed by atoms with Gasteiger partial charge in [0, 0.05) is 0 Å². The van der Waals surface area contributed by atoms with Gasteiger partial charge < -0.3 is 5.11 Å². The van der Waals surface area contributed by atoms with Crippen molar-refractivity contribution in [2.45, 2.75) is 38.0 Å². The Kier molecular flexibility index (Phi) is 3.86. The number of phenolic OH excluding ortho intramolecular Hbond substituents is 1. The van der Waals surface area contributed by atoms with Crippen molar-refractivity contribution in [3.8, 4) is 5.75 Å². The van der Waals surface area contributed by atoms with Crippen molar-refractivity contribution in [2.75, 3.05) is 5.75 Å². The Morgan fingerprint density at radius 1 is 1.28 bits per heavy atom. The number of Topliss-reactive ketones (excluding diaryl/α,β-unsaturated/α-hetero) is 1. The van der Waals surface area contributed by atoms with Crippen molar-refractivity contribution in [1.82, 2.24) is 0 Å². The number of carbonyl (C=O) groups excluding carboxylic acids is 1. The van der Waals surface area contributed by atoms with Crippen LogP contribution in [0.25, 0.3) is 0 Å². The maximum atomic E-state index is 11.8. The van der Waals surface area contributed by atoms with E-state index in [9.17, 15) is 18.3 Å². The molecular weight excluding hydrogens is 252 g/mol. The molecule has 1 aromatic carbocycles. The van der Waals surface area contributed by atoms with E-state index in [4.69, 9.17) is 0 Å². The second-order valence-corrected chi connectivity index (χ2v) is 7.35. The molecule has 0 fully saturated rings. The van der Waals surface area contributed by atoms with Crippen LogP contribution in [-0.2, 0) is 20.0 Å². The molecule has 0 aliphatic carbocycles. The summed E-state index contributed by atoms with van der Waals surface area (Å²) in [6, 6.07) is 4.45. The van der Waals surface area contributed by atoms with Crippen molar-refractivity contribution >= 4 is 15.6 Å². The van der Waals surface area contributed by atoms with Crippen LogP contribution in [0.3, 0.4) is 0 Å². The fourth-order valence-electron chi connectivity index (χ4n) is 1.59. The zero-order chi connectivity index (χ0) is 14.1. The molecule has 18 heavy (non-hydrogen) atoms. The van der Waals surface area contributed by atoms with E-state index in [1.54, 1.807) is 6.07 Å². The third-order valence-electron chi connectivity index (χ3n) is 2.55. The van der Waals surface area contributed by atoms with Gasteiger partial charge in [0.25, 0.3) is 0 Å². The first-order valence-corrected chi connectivity index (χ1v) is 7.25. The lowest BCUT2D eigenvalue weighted by Gasteiger charge is -2.19. The van der Waals surface area contributed by atoms with Crippen LogP contribution in [0, 0.1) is 0 Å². The molecular formula is C13H18O4S. The first-order chi connectivity index (χ1) is 8.04. The number of hydrogen-bond donors (Lipinski definition) is 1. The standard InChI is InChI=1S/C13H18O4S/c1-9(14)8-18(16,17)12-6-5-10(7-11(12)15)13(2,3)4/h5-7,15H,8H2,1-4H3. The summed E-state index contributed by atoms with van der Waals surface area (Å²) in [6.07, 6.45) is 0. The van der Waals surface area contributed by atoms with Crippen LogP contribution in [-0.4, -0.2) is 25.1 Å². The maximum Gasteiger partial charge on any atom is 0.189 e. The van der Waals surface area contributed by atoms with Gasteiger partial charge in [0.2, 0.25) is 0 Å². The summed E-state index contributed by atoms with van der Waals surface area (Å²) in [5.74, 6) is -1.34. The van der Waals surface area contributed by atoms with Gasteiger partial charge >= 0.3 is 0 Å². The molecule has 0 unspecified atom stereocenters. The summed E-state index contributed by atoms with van der Waals surface area (Å²) >= 11 is 0. The molecule has 1 N–H and O–H groups in total. The fraction of sp³-hybridized carbons (Fsp3) is 0.462. The van der Waals surface area contributed by atoms with Crippen LogP contribution in [0.4, 0.5) is 0 Å². The highest BCUT2D eigenvalue weighted by Gasteiger charge is 2.23. The Bertz CT molecular complexity index is 565. The van der Waals surface area contributed by atoms with E-state index in [0.717, 1.165) is 5.56 Å². The highest BCUT2D eigenvalue weighted by atomic mass is 32.2. The van der Waals surface area contributed by atoms with E-state index in [1.807, 2.05) is 20.8 Å². The molecule has 1 aromatic rings. The molecule has 0 spiro atoms. The molecule has 0 aromatic heterocycles. The molecule has 4 nitrogen and oxygen atoms in total. The van der Waals surface area contributed by atoms with Crippen molar-refractivity contribution in [3.05, 3.63) is 23.8 Å². The van der Waals surface area contributed by atoms with Crippen molar-refractivity contribution in [3.63, 3.8) is 0 Å². The Labute approximate surface area is 108 Å². The minimum atomic E-state index is -3.75. The van der Waals surface area contributed by atoms with Gasteiger partial charge in [0.15, 0.2) is 9.84 Å². The van der Waals surface area contributed by atoms with Crippen LogP contribution < -0.4 is 0 Å². The second-order valence-electron chi connectivity index (χ2n) is 5.39. The SMILES string of the molecule is CC(=O)CS(=O)(=O)c1ccc(C(C)(C)C)cc1O. The third-order valence-corrected chi connectivity index (χ3v) is 4.36. The fourth-order valence-corrected chi connectivity index (χ4v) is 2.94. The smallest absolute Gasteiger partial charge is 0.189 e. The number of benzene rings is 1. The van der Waals surface area contributed by atoms with Gasteiger partial charge in [-0.15, -0.1) is 0 Å². The third kappa shape index (κ3) is 3.32. The number of ketones is 1. The van der Waals surface area contributed by atoms with Crippen LogP contribution >= 0.6 is 0 Å². The lowest BCUT2D eigenvalue weighted by Crippen LogP contribution is -2.15. The predicted molar refractivity (Wildman–Crippen MR) is 69.5 cm³/mol. The summed E-state index contributed by atoms with van der Waals surface area (Å²) in [5, 5.41) is 9.81. The highest BCUT2D eigenvalue weighted by molar-refractivity contribution is 7.92. The lowest BCUT2D eigenvalue weighted by molar-refractivity contribution is -0.114. The Morgan fingerprint density at radius 3 is 2.22 bits per heavy atom. The molecule has 0 saturated carbocycles. The molecule has 0 amide bonds. The minimum absolute atomic E-state index is 0.180. The topological polar surface area (TPSA) is 71.4 Å². The summed E-state index contributed by atoms with van der Waals surface area (Å²) in [4.78, 5) is 10.7. The van der Waals surface area contributed by atoms with Gasteiger partial charge in [-0.3, -0.25) is 4.79 Å². The molecule has 100 valence electrons. The number of phenols is 1. The van der Waals surface area contributed by atoms with Gasteiger partial charge in [-0.2, -0.15) is 0 Å². The monoisotopic (exact) mass is 270 g/mol. The molecule has 0 saturated heterocycles. The zero-order valence-corrected chi connectivity index (χ0v) is 11.8. The molecule has 0 aliphatic rings. The number of rotatable bonds is 3. The average Bonchev–Trinajstić information content (AvgIpc) is 2.13. The summed E-state index contributed by atoms with van der Waals surface area (Å²) < 4.78 is 23.7. The van der Waals surface area contributed by atoms with E-state index in [1.165, 1.54) is 19.1 Å². The molecule has 0 atom stereocenters. The van der Waals surface area contributed by atoms with Crippen LogP contribution in [0.2, 0.25) is 0 Å². The molecule has 0 radical (unpaired) electrons. The zero-order valence-electron chi connectivity index (χ0n) is 11.0. The quantitative estimate of drug-likeness (QED) is 0.912. The lowest BCUT2D eigenvalue weighted by atomic mass is 9.87. The number of sulfone groups is 1. The van der Waals surface area contributed by atoms with Crippen LogP contribution in [0.1, 0.15) is 33.3 Å². The summed E-state index contributed by atoms with van der Waals surface area (Å²) in [7, 11) is -3.75. The van der Waals surface area contributed by atoms with Gasteiger partial charge in [-0.25, -0.2) is 8.42 Å². The Balaban J connectivity index is 3.26. The maximum absolute atomic E-state index is 11.8. The van der Waals surface area contributed by atoms with E-state index < -0.39 is 21.4 Å². The summed E-state index contributed by atoms with van der Waals surface area (Å²) in [5.41, 5.74) is 0.655. The minimum Gasteiger partial charge on any atom is -0.507 e. The molecule has 1 rings (SSSR count). The Morgan fingerprint density at radius 2 is 1.83 bits per heavy atom. The van der Waals surface area contributed by atoms with Crippen molar-refractivity contribution in [2.24, 2.45) is 0 Å². The summed E-state index contributed by atoms with van der Waals surface area (Å²) in [6.45, 7) is 7.10. The van der Waals surface area contributed by atoms with E-state index in [0.29, 0.717) is 0 Å². The molecule has 0 bridgehead atoms. The molecule has 0 aliphatic heterocycles. The first kappa shape index (κ1) is 14.7. The first-order valence-electron chi connectivity index (χ1n) is 5.60. The second kappa shape index (κ2) is 4.72. The highest BCUT2D eigenvalue weighted by Crippen LogP contribution is 2.30. The normalized spacial score (nSPS) is 12.4. The van der Waals surface area contributed by atoms with Gasteiger partial charge in [-0.1, -0.05) is 26.8 Å². The number of carbonyl (C=O) groups is 1. The van der Waals surface area contributed by atoms with Gasteiger partial charge in [0.05, 0.1) is 0 Å². The largest absolute Gasteiger partial charge is 0.507 e.